The minimum atomic E-state index is -0.775. The van der Waals surface area contributed by atoms with Crippen LogP contribution in [0.2, 0.25) is 0 Å². The van der Waals surface area contributed by atoms with Gasteiger partial charge in [0.2, 0.25) is 11.8 Å². The van der Waals surface area contributed by atoms with Gasteiger partial charge >= 0.3 is 12.1 Å². The number of piperazine rings is 1. The molecule has 0 radical (unpaired) electrons. The van der Waals surface area contributed by atoms with Crippen LogP contribution in [0.1, 0.15) is 37.9 Å². The number of rotatable bonds is 4. The number of hydrogen-bond donors (Lipinski definition) is 2. The number of amides is 1. The van der Waals surface area contributed by atoms with Gasteiger partial charge in [-0.25, -0.2) is 9.59 Å². The molecule has 2 heterocycles. The first-order valence-electron chi connectivity index (χ1n) is 10.2. The Hall–Kier alpha value is -3.20. The molecule has 1 unspecified atom stereocenters. The summed E-state index contributed by atoms with van der Waals surface area (Å²) >= 11 is 0. The van der Waals surface area contributed by atoms with Crippen molar-refractivity contribution in [3.8, 4) is 11.8 Å². The lowest BCUT2D eigenvalue weighted by Gasteiger charge is -2.38. The Morgan fingerprint density at radius 1 is 0.935 bits per heavy atom. The monoisotopic (exact) mass is 431 g/mol. The van der Waals surface area contributed by atoms with Crippen molar-refractivity contribution in [2.45, 2.75) is 39.3 Å². The lowest BCUT2D eigenvalue weighted by atomic mass is 10.0. The summed E-state index contributed by atoms with van der Waals surface area (Å²) < 4.78 is 6.11. The summed E-state index contributed by atoms with van der Waals surface area (Å²) in [7, 11) is 0. The van der Waals surface area contributed by atoms with E-state index in [1.165, 1.54) is 12.1 Å². The normalized spacial score (nSPS) is 16.1. The molecule has 1 aliphatic heterocycles. The molecule has 1 atom stereocenters. The summed E-state index contributed by atoms with van der Waals surface area (Å²) in [4.78, 5) is 34.3. The van der Waals surface area contributed by atoms with Crippen LogP contribution in [0, 0.1) is 6.92 Å². The van der Waals surface area contributed by atoms with Gasteiger partial charge in [-0.15, -0.1) is 4.73 Å². The highest BCUT2D eigenvalue weighted by Crippen LogP contribution is 2.26. The van der Waals surface area contributed by atoms with Crippen LogP contribution in [0.15, 0.2) is 36.4 Å². The molecule has 1 aromatic carbocycles. The molecule has 2 N–H and O–H groups in total. The fourth-order valence-corrected chi connectivity index (χ4v) is 3.37. The molecule has 9 nitrogen and oxygen atoms in total. The average Bonchev–Trinajstić information content (AvgIpc) is 3.01. The van der Waals surface area contributed by atoms with Crippen molar-refractivity contribution in [2.24, 2.45) is 0 Å². The summed E-state index contributed by atoms with van der Waals surface area (Å²) in [6, 6.07) is 9.16. The zero-order chi connectivity index (χ0) is 22.8. The molecule has 3 rings (SSSR count). The minimum absolute atomic E-state index is 0.385. The maximum absolute atomic E-state index is 13.1. The highest BCUT2D eigenvalue weighted by molar-refractivity contribution is 5.78. The highest BCUT2D eigenvalue weighted by atomic mass is 16.7. The molecule has 1 amide bonds. The van der Waals surface area contributed by atoms with E-state index in [1.807, 2.05) is 56.9 Å². The van der Waals surface area contributed by atoms with Gasteiger partial charge in [-0.05, 0) is 33.3 Å². The van der Waals surface area contributed by atoms with Gasteiger partial charge in [-0.3, -0.25) is 4.90 Å². The number of aromatic hydroxyl groups is 2. The number of ether oxygens (including phenoxy) is 1. The first-order valence-corrected chi connectivity index (χ1v) is 10.2. The molecule has 2 aromatic rings. The van der Waals surface area contributed by atoms with Crippen molar-refractivity contribution in [3.63, 3.8) is 0 Å². The van der Waals surface area contributed by atoms with Crippen molar-refractivity contribution in [3.05, 3.63) is 47.5 Å². The Morgan fingerprint density at radius 3 is 2.00 bits per heavy atom. The molecule has 0 saturated carbocycles. The summed E-state index contributed by atoms with van der Waals surface area (Å²) in [6.45, 7) is 9.04. The topological polar surface area (TPSA) is 104 Å². The van der Waals surface area contributed by atoms with Crippen LogP contribution in [-0.4, -0.2) is 68.6 Å². The Balaban J connectivity index is 1.77. The second-order valence-corrected chi connectivity index (χ2v) is 8.57. The summed E-state index contributed by atoms with van der Waals surface area (Å²) in [5.74, 6) is -1.43. The van der Waals surface area contributed by atoms with E-state index in [1.54, 1.807) is 4.90 Å². The second-order valence-electron chi connectivity index (χ2n) is 8.57. The molecule has 1 aromatic heterocycles. The number of benzene rings is 1. The molecular weight excluding hydrogens is 402 g/mol. The van der Waals surface area contributed by atoms with Crippen LogP contribution in [-0.2, 0) is 9.53 Å². The fraction of sp³-hybridized carbons (Fsp3) is 0.455. The highest BCUT2D eigenvalue weighted by Gasteiger charge is 2.35. The van der Waals surface area contributed by atoms with Crippen LogP contribution >= 0.6 is 0 Å². The first-order chi connectivity index (χ1) is 14.5. The smallest absolute Gasteiger partial charge is 0.410 e. The Morgan fingerprint density at radius 2 is 1.48 bits per heavy atom. The van der Waals surface area contributed by atoms with Gasteiger partial charge in [-0.2, -0.15) is 0 Å². The summed E-state index contributed by atoms with van der Waals surface area (Å²) in [5.41, 5.74) is 1.18. The van der Waals surface area contributed by atoms with E-state index in [9.17, 15) is 19.8 Å². The third-order valence-corrected chi connectivity index (χ3v) is 4.93. The van der Waals surface area contributed by atoms with Crippen molar-refractivity contribution in [1.82, 2.24) is 14.5 Å². The second kappa shape index (κ2) is 8.89. The number of hydrogen-bond acceptors (Lipinski definition) is 7. The van der Waals surface area contributed by atoms with Crippen LogP contribution < -0.4 is 4.84 Å². The van der Waals surface area contributed by atoms with Crippen LogP contribution in [0.5, 0.6) is 11.8 Å². The van der Waals surface area contributed by atoms with Crippen LogP contribution in [0.25, 0.3) is 0 Å². The molecule has 1 saturated heterocycles. The number of carbonyl (C=O) groups is 2. The molecule has 168 valence electrons. The Labute approximate surface area is 181 Å². The number of aromatic nitrogens is 1. The van der Waals surface area contributed by atoms with Crippen molar-refractivity contribution in [1.29, 1.82) is 0 Å². The van der Waals surface area contributed by atoms with Crippen molar-refractivity contribution in [2.75, 3.05) is 26.2 Å². The zero-order valence-corrected chi connectivity index (χ0v) is 18.2. The molecule has 1 aliphatic rings. The predicted octanol–water partition coefficient (Wildman–Crippen LogP) is 2.46. The van der Waals surface area contributed by atoms with E-state index in [4.69, 9.17) is 9.57 Å². The lowest BCUT2D eigenvalue weighted by Crippen LogP contribution is -2.52. The van der Waals surface area contributed by atoms with Crippen LogP contribution in [0.4, 0.5) is 4.79 Å². The van der Waals surface area contributed by atoms with E-state index in [-0.39, 0.29) is 17.9 Å². The average molecular weight is 431 g/mol. The Bertz CT molecular complexity index is 904. The van der Waals surface area contributed by atoms with E-state index in [2.05, 4.69) is 0 Å². The van der Waals surface area contributed by atoms with Crippen molar-refractivity contribution >= 4 is 12.1 Å². The molecule has 9 heteroatoms. The molecular formula is C22H29N3O6. The van der Waals surface area contributed by atoms with Gasteiger partial charge in [0, 0.05) is 38.3 Å². The predicted molar refractivity (Wildman–Crippen MR) is 113 cm³/mol. The van der Waals surface area contributed by atoms with Gasteiger partial charge in [0.15, 0.2) is 0 Å². The van der Waals surface area contributed by atoms with E-state index < -0.39 is 17.6 Å². The maximum Gasteiger partial charge on any atom is 0.410 e. The molecule has 0 aliphatic carbocycles. The zero-order valence-electron chi connectivity index (χ0n) is 18.2. The maximum atomic E-state index is 13.1. The number of nitrogens with zero attached hydrogens (tertiary/aromatic N) is 3. The fourth-order valence-electron chi connectivity index (χ4n) is 3.37. The lowest BCUT2D eigenvalue weighted by molar-refractivity contribution is -0.153. The summed E-state index contributed by atoms with van der Waals surface area (Å²) in [6.07, 6.45) is -0.385. The largest absolute Gasteiger partial charge is 0.492 e. The summed E-state index contributed by atoms with van der Waals surface area (Å²) in [5, 5.41) is 19.6. The number of aryl methyl sites for hydroxylation is 1. The molecule has 0 spiro atoms. The van der Waals surface area contributed by atoms with Gasteiger partial charge < -0.3 is 24.7 Å². The van der Waals surface area contributed by atoms with E-state index >= 15 is 0 Å². The van der Waals surface area contributed by atoms with Crippen LogP contribution in [0.3, 0.4) is 0 Å². The van der Waals surface area contributed by atoms with Gasteiger partial charge in [0.25, 0.3) is 0 Å². The van der Waals surface area contributed by atoms with E-state index in [0.29, 0.717) is 36.5 Å². The third kappa shape index (κ3) is 5.49. The molecule has 0 bridgehead atoms. The standard InChI is InChI=1S/C22H29N3O6/c1-15-5-7-16(8-6-15)19(20(28)31-25-17(26)9-10-18(25)27)23-11-13-24(14-12-23)21(29)30-22(2,3)4/h5-10,19,26-27H,11-14H2,1-4H3. The SMILES string of the molecule is Cc1ccc(C(C(=O)On2c(O)ccc2O)N2CCN(C(=O)OC(C)(C)C)CC2)cc1. The molecule has 31 heavy (non-hydrogen) atoms. The quantitative estimate of drug-likeness (QED) is 0.766. The Kier molecular flexibility index (Phi) is 6.45. The van der Waals surface area contributed by atoms with Gasteiger partial charge in [-0.1, -0.05) is 29.8 Å². The number of carbonyl (C=O) groups excluding carboxylic acids is 2. The van der Waals surface area contributed by atoms with Gasteiger partial charge in [0.1, 0.15) is 11.6 Å². The van der Waals surface area contributed by atoms with Gasteiger partial charge in [0.05, 0.1) is 0 Å². The van der Waals surface area contributed by atoms with Crippen molar-refractivity contribution < 1.29 is 29.4 Å². The minimum Gasteiger partial charge on any atom is -0.492 e. The third-order valence-electron chi connectivity index (χ3n) is 4.93. The first kappa shape index (κ1) is 22.5. The molecule has 1 fully saturated rings. The van der Waals surface area contributed by atoms with E-state index in [0.717, 1.165) is 5.56 Å².